The molecule has 1 aromatic carbocycles. The number of benzene rings is 1. The lowest BCUT2D eigenvalue weighted by Gasteiger charge is -2.38. The molecule has 2 saturated carbocycles. The lowest BCUT2D eigenvalue weighted by molar-refractivity contribution is 0.0844. The molecule has 3 aliphatic rings. The van der Waals surface area contributed by atoms with Crippen LogP contribution in [0.3, 0.4) is 0 Å². The molecular weight excluding hydrogens is 423 g/mol. The molecule has 3 atom stereocenters. The van der Waals surface area contributed by atoms with Crippen molar-refractivity contribution in [2.24, 2.45) is 28.1 Å². The molecule has 1 saturated heterocycles. The van der Waals surface area contributed by atoms with Gasteiger partial charge in [-0.3, -0.25) is 4.79 Å². The molecule has 2 amide bonds. The molecule has 30 heavy (non-hydrogen) atoms. The van der Waals surface area contributed by atoms with Gasteiger partial charge in [0.25, 0.3) is 5.91 Å². The third kappa shape index (κ3) is 3.38. The largest absolute Gasteiger partial charge is 0.465 e. The van der Waals surface area contributed by atoms with Crippen LogP contribution in [0.2, 0.25) is 10.0 Å². The standard InChI is InChI=1S/C23H30Cl2N2O3/c1-21(2,3)23-13-27(20(29)30)12-18(23)22(23,11-14-4-5-14)8-9-26-19(28)16-7-6-15(24)10-17(16)25/h6-7,10,14,18H,4-5,8-9,11-13H2,1-3H3,(H,26,28)(H,29,30). The van der Waals surface area contributed by atoms with Crippen LogP contribution in [0.4, 0.5) is 4.79 Å². The zero-order valence-electron chi connectivity index (χ0n) is 17.8. The highest BCUT2D eigenvalue weighted by atomic mass is 35.5. The van der Waals surface area contributed by atoms with Crippen molar-refractivity contribution in [2.45, 2.75) is 46.5 Å². The number of amides is 2. The number of piperidine rings is 1. The van der Waals surface area contributed by atoms with Crippen LogP contribution in [0, 0.1) is 28.1 Å². The van der Waals surface area contributed by atoms with Gasteiger partial charge in [0.05, 0.1) is 10.6 Å². The zero-order chi connectivity index (χ0) is 21.9. The molecule has 0 spiro atoms. The summed E-state index contributed by atoms with van der Waals surface area (Å²) >= 11 is 12.1. The Morgan fingerprint density at radius 1 is 1.27 bits per heavy atom. The van der Waals surface area contributed by atoms with Gasteiger partial charge in [-0.25, -0.2) is 4.79 Å². The molecule has 0 radical (unpaired) electrons. The molecule has 164 valence electrons. The van der Waals surface area contributed by atoms with Crippen LogP contribution in [0.15, 0.2) is 18.2 Å². The van der Waals surface area contributed by atoms with Crippen molar-refractivity contribution in [1.29, 1.82) is 0 Å². The van der Waals surface area contributed by atoms with Gasteiger partial charge in [0.2, 0.25) is 0 Å². The maximum Gasteiger partial charge on any atom is 0.407 e. The number of nitrogens with zero attached hydrogens (tertiary/aromatic N) is 1. The highest BCUT2D eigenvalue weighted by molar-refractivity contribution is 6.36. The van der Waals surface area contributed by atoms with Gasteiger partial charge in [-0.05, 0) is 53.7 Å². The molecule has 3 fully saturated rings. The molecule has 2 aliphatic carbocycles. The van der Waals surface area contributed by atoms with E-state index in [1.165, 1.54) is 12.8 Å². The first-order valence-corrected chi connectivity index (χ1v) is 11.5. The average Bonchev–Trinajstić information content (AvgIpc) is 3.48. The van der Waals surface area contributed by atoms with Crippen LogP contribution in [-0.4, -0.2) is 41.6 Å². The summed E-state index contributed by atoms with van der Waals surface area (Å²) in [6.07, 6.45) is 3.72. The van der Waals surface area contributed by atoms with Gasteiger partial charge in [-0.15, -0.1) is 0 Å². The van der Waals surface area contributed by atoms with Crippen LogP contribution in [0.1, 0.15) is 56.8 Å². The first kappa shape index (κ1) is 21.8. The minimum Gasteiger partial charge on any atom is -0.465 e. The maximum atomic E-state index is 12.7. The first-order valence-electron chi connectivity index (χ1n) is 10.7. The summed E-state index contributed by atoms with van der Waals surface area (Å²) in [5.41, 5.74) is 0.496. The number of carbonyl (C=O) groups is 2. The number of carboxylic acid groups (broad SMARTS) is 1. The number of fused-ring (bicyclic) bond motifs is 1. The van der Waals surface area contributed by atoms with Crippen molar-refractivity contribution in [3.05, 3.63) is 33.8 Å². The van der Waals surface area contributed by atoms with Crippen molar-refractivity contribution < 1.29 is 14.7 Å². The smallest absolute Gasteiger partial charge is 0.407 e. The van der Waals surface area contributed by atoms with Crippen molar-refractivity contribution in [1.82, 2.24) is 10.2 Å². The predicted molar refractivity (Wildman–Crippen MR) is 118 cm³/mol. The normalized spacial score (nSPS) is 30.2. The third-order valence-electron chi connectivity index (χ3n) is 7.90. The SMILES string of the molecule is CC(C)(C)C12CN(C(=O)O)CC1C2(CCNC(=O)c1ccc(Cl)cc1Cl)CC1CC1. The maximum absolute atomic E-state index is 12.7. The van der Waals surface area contributed by atoms with Crippen molar-refractivity contribution in [2.75, 3.05) is 19.6 Å². The lowest BCUT2D eigenvalue weighted by atomic mass is 9.69. The van der Waals surface area contributed by atoms with E-state index in [1.807, 2.05) is 0 Å². The molecule has 4 rings (SSSR count). The van der Waals surface area contributed by atoms with E-state index in [-0.39, 0.29) is 22.2 Å². The molecule has 0 bridgehead atoms. The average molecular weight is 453 g/mol. The summed E-state index contributed by atoms with van der Waals surface area (Å²) in [7, 11) is 0. The highest BCUT2D eigenvalue weighted by Crippen LogP contribution is 2.82. The quantitative estimate of drug-likeness (QED) is 0.593. The third-order valence-corrected chi connectivity index (χ3v) is 8.45. The van der Waals surface area contributed by atoms with Crippen LogP contribution in [0.5, 0.6) is 0 Å². The molecule has 3 unspecified atom stereocenters. The number of likely N-dealkylation sites (tertiary alicyclic amines) is 1. The summed E-state index contributed by atoms with van der Waals surface area (Å²) in [6.45, 7) is 8.49. The number of halogens is 2. The van der Waals surface area contributed by atoms with Gasteiger partial charge < -0.3 is 15.3 Å². The fourth-order valence-corrected chi connectivity index (χ4v) is 6.92. The molecular formula is C23H30Cl2N2O3. The zero-order valence-corrected chi connectivity index (χ0v) is 19.3. The Morgan fingerprint density at radius 2 is 1.97 bits per heavy atom. The Bertz CT molecular complexity index is 880. The fourth-order valence-electron chi connectivity index (χ4n) is 6.43. The Kier molecular flexibility index (Phi) is 5.30. The van der Waals surface area contributed by atoms with E-state index in [9.17, 15) is 14.7 Å². The summed E-state index contributed by atoms with van der Waals surface area (Å²) < 4.78 is 0. The van der Waals surface area contributed by atoms with Crippen LogP contribution in [-0.2, 0) is 0 Å². The lowest BCUT2D eigenvalue weighted by Crippen LogP contribution is -2.41. The Balaban J connectivity index is 1.50. The van der Waals surface area contributed by atoms with Gasteiger partial charge in [0, 0.05) is 30.1 Å². The van der Waals surface area contributed by atoms with E-state index in [4.69, 9.17) is 23.2 Å². The van der Waals surface area contributed by atoms with E-state index < -0.39 is 6.09 Å². The molecule has 0 aromatic heterocycles. The van der Waals surface area contributed by atoms with Crippen molar-refractivity contribution >= 4 is 35.2 Å². The minimum absolute atomic E-state index is 0.000251. The van der Waals surface area contributed by atoms with Gasteiger partial charge in [-0.1, -0.05) is 56.8 Å². The van der Waals surface area contributed by atoms with Crippen LogP contribution < -0.4 is 5.32 Å². The van der Waals surface area contributed by atoms with Gasteiger partial charge in [0.15, 0.2) is 0 Å². The second-order valence-corrected chi connectivity index (χ2v) is 11.2. The van der Waals surface area contributed by atoms with E-state index in [0.29, 0.717) is 41.2 Å². The Morgan fingerprint density at radius 3 is 2.50 bits per heavy atom. The van der Waals surface area contributed by atoms with Crippen molar-refractivity contribution in [3.8, 4) is 0 Å². The second-order valence-electron chi connectivity index (χ2n) is 10.4. The summed E-state index contributed by atoms with van der Waals surface area (Å²) in [5, 5.41) is 13.5. The van der Waals surface area contributed by atoms with Crippen LogP contribution >= 0.6 is 23.2 Å². The summed E-state index contributed by atoms with van der Waals surface area (Å²) in [5.74, 6) is 0.910. The molecule has 7 heteroatoms. The minimum atomic E-state index is -0.822. The number of rotatable bonds is 6. The highest BCUT2D eigenvalue weighted by Gasteiger charge is 2.82. The Labute approximate surface area is 188 Å². The molecule has 1 aliphatic heterocycles. The molecule has 1 aromatic rings. The van der Waals surface area contributed by atoms with Crippen molar-refractivity contribution in [3.63, 3.8) is 0 Å². The topological polar surface area (TPSA) is 69.6 Å². The van der Waals surface area contributed by atoms with Crippen LogP contribution in [0.25, 0.3) is 0 Å². The monoisotopic (exact) mass is 452 g/mol. The van der Waals surface area contributed by atoms with Gasteiger partial charge in [-0.2, -0.15) is 0 Å². The Hall–Kier alpha value is -1.46. The number of hydrogen-bond acceptors (Lipinski definition) is 2. The van der Waals surface area contributed by atoms with E-state index in [0.717, 1.165) is 18.8 Å². The van der Waals surface area contributed by atoms with E-state index in [1.54, 1.807) is 23.1 Å². The number of hydrogen-bond donors (Lipinski definition) is 2. The predicted octanol–water partition coefficient (Wildman–Crippen LogP) is 5.56. The van der Waals surface area contributed by atoms with Gasteiger partial charge >= 0.3 is 6.09 Å². The summed E-state index contributed by atoms with van der Waals surface area (Å²) in [4.78, 5) is 25.9. The van der Waals surface area contributed by atoms with E-state index in [2.05, 4.69) is 26.1 Å². The van der Waals surface area contributed by atoms with Gasteiger partial charge in [0.1, 0.15) is 0 Å². The van der Waals surface area contributed by atoms with E-state index >= 15 is 0 Å². The molecule has 5 nitrogen and oxygen atoms in total. The summed E-state index contributed by atoms with van der Waals surface area (Å²) in [6, 6.07) is 4.89. The first-order chi connectivity index (χ1) is 14.0. The molecule has 1 heterocycles. The number of nitrogens with one attached hydrogen (secondary N) is 1. The number of carbonyl (C=O) groups excluding carboxylic acids is 1. The second kappa shape index (κ2) is 7.30. The fraction of sp³-hybridized carbons (Fsp3) is 0.652. The molecule has 2 N–H and O–H groups in total.